The van der Waals surface area contributed by atoms with Crippen molar-refractivity contribution in [2.45, 2.75) is 45.6 Å². The van der Waals surface area contributed by atoms with Gasteiger partial charge in [0.2, 0.25) is 11.8 Å². The molecule has 2 aliphatic rings. The van der Waals surface area contributed by atoms with Crippen LogP contribution in [0, 0.1) is 6.92 Å². The van der Waals surface area contributed by atoms with Gasteiger partial charge in [-0.2, -0.15) is 0 Å². The normalized spacial score (nSPS) is 16.6. The van der Waals surface area contributed by atoms with Crippen LogP contribution < -0.4 is 14.8 Å². The minimum absolute atomic E-state index is 0.0772. The molecule has 2 heterocycles. The molecule has 0 unspecified atom stereocenters. The number of nitrogens with one attached hydrogen (secondary N) is 1. The zero-order valence-corrected chi connectivity index (χ0v) is 29.1. The Hall–Kier alpha value is -3.18. The smallest absolute Gasteiger partial charge is 0.236 e. The summed E-state index contributed by atoms with van der Waals surface area (Å²) in [7, 11) is 3.63. The van der Waals surface area contributed by atoms with E-state index in [1.54, 1.807) is 4.90 Å². The van der Waals surface area contributed by atoms with Gasteiger partial charge in [0.1, 0.15) is 11.5 Å². The molecule has 0 atom stereocenters. The summed E-state index contributed by atoms with van der Waals surface area (Å²) in [6.45, 7) is 15.1. The van der Waals surface area contributed by atoms with E-state index in [-0.39, 0.29) is 11.8 Å². The SMILES string of the molecule is Cc1ccc(OCCCCN2CCN(CC(=O)NCc3ccc(OCCCCCN4CCN(CC(=O)N(C)C)CC4)cc3)CC2)cc1. The maximum atomic E-state index is 12.6. The summed E-state index contributed by atoms with van der Waals surface area (Å²) in [5, 5.41) is 3.08. The number of carbonyl (C=O) groups is 2. The van der Waals surface area contributed by atoms with E-state index in [1.165, 1.54) is 12.0 Å². The molecule has 0 radical (unpaired) electrons. The highest BCUT2D eigenvalue weighted by atomic mass is 16.5. The van der Waals surface area contributed by atoms with Crippen LogP contribution in [0.4, 0.5) is 0 Å². The number of rotatable bonds is 19. The Morgan fingerprint density at radius 2 is 1.11 bits per heavy atom. The van der Waals surface area contributed by atoms with E-state index in [9.17, 15) is 9.59 Å². The van der Waals surface area contributed by atoms with Gasteiger partial charge in [0.05, 0.1) is 26.3 Å². The van der Waals surface area contributed by atoms with Crippen molar-refractivity contribution in [1.82, 2.24) is 29.8 Å². The minimum atomic E-state index is 0.0772. The number of unbranched alkanes of at least 4 members (excludes halogenated alkanes) is 3. The summed E-state index contributed by atoms with van der Waals surface area (Å²) in [4.78, 5) is 35.7. The van der Waals surface area contributed by atoms with Crippen molar-refractivity contribution >= 4 is 11.8 Å². The molecule has 2 aromatic rings. The van der Waals surface area contributed by atoms with Crippen molar-refractivity contribution in [3.05, 3.63) is 59.7 Å². The van der Waals surface area contributed by atoms with E-state index in [4.69, 9.17) is 9.47 Å². The van der Waals surface area contributed by atoms with Gasteiger partial charge in [0.15, 0.2) is 0 Å². The standard InChI is InChI=1S/C37H58N6O4/c1-32-9-13-34(14-10-32)47-28-8-6-18-41-19-23-42(24-20-41)30-36(44)38-29-33-11-15-35(16-12-33)46-27-7-4-5-17-40-21-25-43(26-22-40)31-37(45)39(2)3/h9-16H,4-8,17-31H2,1-3H3,(H,38,44). The molecule has 10 heteroatoms. The van der Waals surface area contributed by atoms with Crippen LogP contribution in [0.15, 0.2) is 48.5 Å². The van der Waals surface area contributed by atoms with Crippen molar-refractivity contribution in [3.8, 4) is 11.5 Å². The van der Waals surface area contributed by atoms with Crippen molar-refractivity contribution in [2.75, 3.05) is 106 Å². The largest absolute Gasteiger partial charge is 0.494 e. The molecule has 0 spiro atoms. The van der Waals surface area contributed by atoms with Gasteiger partial charge in [-0.3, -0.25) is 19.4 Å². The lowest BCUT2D eigenvalue weighted by Gasteiger charge is -2.34. The number of nitrogens with zero attached hydrogens (tertiary/aromatic N) is 5. The molecular weight excluding hydrogens is 592 g/mol. The monoisotopic (exact) mass is 650 g/mol. The highest BCUT2D eigenvalue weighted by Crippen LogP contribution is 2.14. The van der Waals surface area contributed by atoms with Crippen LogP contribution >= 0.6 is 0 Å². The molecular formula is C37H58N6O4. The summed E-state index contributed by atoms with van der Waals surface area (Å²) in [6.07, 6.45) is 5.51. The number of aryl methyl sites for hydroxylation is 1. The molecule has 2 aliphatic heterocycles. The van der Waals surface area contributed by atoms with E-state index >= 15 is 0 Å². The molecule has 10 nitrogen and oxygen atoms in total. The van der Waals surface area contributed by atoms with Crippen molar-refractivity contribution in [2.24, 2.45) is 0 Å². The fourth-order valence-corrected chi connectivity index (χ4v) is 5.90. The van der Waals surface area contributed by atoms with E-state index in [2.05, 4.69) is 44.0 Å². The fraction of sp³-hybridized carbons (Fsp3) is 0.622. The number of benzene rings is 2. The lowest BCUT2D eigenvalue weighted by molar-refractivity contribution is -0.130. The Kier molecular flexibility index (Phi) is 15.8. The number of hydrogen-bond donors (Lipinski definition) is 1. The van der Waals surface area contributed by atoms with Crippen LogP contribution in [0.3, 0.4) is 0 Å². The second-order valence-electron chi connectivity index (χ2n) is 13.2. The zero-order valence-electron chi connectivity index (χ0n) is 29.1. The van der Waals surface area contributed by atoms with E-state index in [0.717, 1.165) is 115 Å². The van der Waals surface area contributed by atoms with Gasteiger partial charge in [-0.05, 0) is 81.9 Å². The highest BCUT2D eigenvalue weighted by molar-refractivity contribution is 5.78. The average Bonchev–Trinajstić information content (AvgIpc) is 3.08. The Labute approximate surface area is 282 Å². The third kappa shape index (κ3) is 14.2. The van der Waals surface area contributed by atoms with E-state index in [0.29, 0.717) is 26.2 Å². The predicted octanol–water partition coefficient (Wildman–Crippen LogP) is 3.34. The molecule has 2 fully saturated rings. The minimum Gasteiger partial charge on any atom is -0.494 e. The molecule has 0 saturated carbocycles. The van der Waals surface area contributed by atoms with E-state index < -0.39 is 0 Å². The Morgan fingerprint density at radius 1 is 0.638 bits per heavy atom. The molecule has 1 N–H and O–H groups in total. The Morgan fingerprint density at radius 3 is 1.66 bits per heavy atom. The van der Waals surface area contributed by atoms with Crippen LogP contribution in [0.1, 0.15) is 43.2 Å². The number of amides is 2. The summed E-state index contributed by atoms with van der Waals surface area (Å²) in [5.74, 6) is 2.08. The van der Waals surface area contributed by atoms with Crippen molar-refractivity contribution in [1.29, 1.82) is 0 Å². The summed E-state index contributed by atoms with van der Waals surface area (Å²) < 4.78 is 11.8. The predicted molar refractivity (Wildman–Crippen MR) is 188 cm³/mol. The lowest BCUT2D eigenvalue weighted by Crippen LogP contribution is -2.49. The third-order valence-corrected chi connectivity index (χ3v) is 9.11. The quantitative estimate of drug-likeness (QED) is 0.232. The molecule has 0 aromatic heterocycles. The number of piperazine rings is 2. The van der Waals surface area contributed by atoms with Gasteiger partial charge in [0.25, 0.3) is 0 Å². The molecule has 2 aromatic carbocycles. The van der Waals surface area contributed by atoms with E-state index in [1.807, 2.05) is 50.5 Å². The third-order valence-electron chi connectivity index (χ3n) is 9.11. The first-order valence-corrected chi connectivity index (χ1v) is 17.6. The van der Waals surface area contributed by atoms with Crippen molar-refractivity contribution < 1.29 is 19.1 Å². The first kappa shape index (κ1) is 36.7. The Balaban J connectivity index is 0.969. The molecule has 260 valence electrons. The van der Waals surface area contributed by atoms with Crippen molar-refractivity contribution in [3.63, 3.8) is 0 Å². The molecule has 0 aliphatic carbocycles. The molecule has 0 bridgehead atoms. The number of hydrogen-bond acceptors (Lipinski definition) is 8. The van der Waals surface area contributed by atoms with Crippen LogP contribution in [0.25, 0.3) is 0 Å². The highest BCUT2D eigenvalue weighted by Gasteiger charge is 2.20. The lowest BCUT2D eigenvalue weighted by atomic mass is 10.2. The second kappa shape index (κ2) is 20.2. The number of carbonyl (C=O) groups excluding carboxylic acids is 2. The van der Waals surface area contributed by atoms with Crippen LogP contribution in [0.2, 0.25) is 0 Å². The number of likely N-dealkylation sites (N-methyl/N-ethyl adjacent to an activating group) is 1. The molecule has 4 rings (SSSR count). The fourth-order valence-electron chi connectivity index (χ4n) is 5.90. The van der Waals surface area contributed by atoms with Gasteiger partial charge in [-0.25, -0.2) is 0 Å². The van der Waals surface area contributed by atoms with Gasteiger partial charge in [-0.1, -0.05) is 29.8 Å². The second-order valence-corrected chi connectivity index (χ2v) is 13.2. The number of ether oxygens (including phenoxy) is 2. The van der Waals surface area contributed by atoms with Gasteiger partial charge in [0, 0.05) is 73.0 Å². The van der Waals surface area contributed by atoms with Crippen LogP contribution in [0.5, 0.6) is 11.5 Å². The summed E-state index contributed by atoms with van der Waals surface area (Å²) >= 11 is 0. The topological polar surface area (TPSA) is 80.8 Å². The summed E-state index contributed by atoms with van der Waals surface area (Å²) in [6, 6.07) is 16.3. The maximum Gasteiger partial charge on any atom is 0.236 e. The maximum absolute atomic E-state index is 12.6. The molecule has 2 amide bonds. The van der Waals surface area contributed by atoms with Gasteiger partial charge in [-0.15, -0.1) is 0 Å². The first-order valence-electron chi connectivity index (χ1n) is 17.6. The van der Waals surface area contributed by atoms with Gasteiger partial charge < -0.3 is 29.5 Å². The average molecular weight is 651 g/mol. The molecule has 2 saturated heterocycles. The summed E-state index contributed by atoms with van der Waals surface area (Å²) in [5.41, 5.74) is 2.32. The Bertz CT molecular complexity index is 1180. The van der Waals surface area contributed by atoms with Crippen LogP contribution in [-0.2, 0) is 16.1 Å². The van der Waals surface area contributed by atoms with Gasteiger partial charge >= 0.3 is 0 Å². The molecule has 47 heavy (non-hydrogen) atoms. The zero-order chi connectivity index (χ0) is 33.3. The van der Waals surface area contributed by atoms with Crippen LogP contribution in [-0.4, -0.2) is 142 Å². The first-order chi connectivity index (χ1) is 22.8.